The van der Waals surface area contributed by atoms with E-state index in [1.165, 1.54) is 0 Å². The fraction of sp³-hybridized carbons (Fsp3) is 0.529. The topological polar surface area (TPSA) is 130 Å². The predicted molar refractivity (Wildman–Crippen MR) is 92.4 cm³/mol. The molecular formula is C17H26N2O6. The summed E-state index contributed by atoms with van der Waals surface area (Å²) < 4.78 is 0. The molecule has 8 heteroatoms. The van der Waals surface area contributed by atoms with Gasteiger partial charge in [0.15, 0.2) is 0 Å². The Morgan fingerprint density at radius 3 is 2.12 bits per heavy atom. The third kappa shape index (κ3) is 5.50. The van der Waals surface area contributed by atoms with E-state index < -0.39 is 36.9 Å². The maximum Gasteiger partial charge on any atom is 0.251 e. The number of aldehydes is 1. The van der Waals surface area contributed by atoms with Gasteiger partial charge in [-0.2, -0.15) is 0 Å². The van der Waals surface area contributed by atoms with Crippen LogP contribution in [0.4, 0.5) is 5.69 Å². The Hall–Kier alpha value is -2.00. The minimum Gasteiger partial charge on any atom is -0.394 e. The van der Waals surface area contributed by atoms with Crippen LogP contribution in [-0.4, -0.2) is 76.7 Å². The fourth-order valence-electron chi connectivity index (χ4n) is 2.40. The van der Waals surface area contributed by atoms with E-state index in [1.54, 1.807) is 24.3 Å². The summed E-state index contributed by atoms with van der Waals surface area (Å²) in [7, 11) is 0. The number of carbonyl (C=O) groups excluding carboxylic acids is 2. The molecule has 0 unspecified atom stereocenters. The number of hydrogen-bond acceptors (Lipinski definition) is 7. The van der Waals surface area contributed by atoms with E-state index in [0.29, 0.717) is 0 Å². The molecule has 0 saturated heterocycles. The van der Waals surface area contributed by atoms with Crippen LogP contribution in [0.25, 0.3) is 0 Å². The highest BCUT2D eigenvalue weighted by molar-refractivity contribution is 5.96. The van der Waals surface area contributed by atoms with Crippen LogP contribution in [0, 0.1) is 0 Å². The number of aliphatic hydroxyl groups excluding tert-OH is 4. The van der Waals surface area contributed by atoms with Gasteiger partial charge in [-0.1, -0.05) is 0 Å². The zero-order chi connectivity index (χ0) is 19.0. The van der Waals surface area contributed by atoms with E-state index in [2.05, 4.69) is 10.2 Å². The quantitative estimate of drug-likeness (QED) is 0.337. The molecular weight excluding hydrogens is 328 g/mol. The van der Waals surface area contributed by atoms with Crippen LogP contribution in [0.15, 0.2) is 24.3 Å². The van der Waals surface area contributed by atoms with Gasteiger partial charge in [0.25, 0.3) is 5.91 Å². The lowest BCUT2D eigenvalue weighted by Gasteiger charge is -2.26. The van der Waals surface area contributed by atoms with Gasteiger partial charge in [0, 0.05) is 24.3 Å². The van der Waals surface area contributed by atoms with Crippen molar-refractivity contribution in [1.82, 2.24) is 5.32 Å². The lowest BCUT2D eigenvalue weighted by atomic mass is 10.0. The standard InChI is InChI=1S/C17H26N2O6/c1-3-19(4-2)12-7-5-11(6-8-12)17(25)18-13(9-20)15(23)16(24)14(22)10-21/h5-9,13-16,21-24H,3-4,10H2,1-2H3,(H,18,25)/t13-,14-,15-,16+/m1/s1. The van der Waals surface area contributed by atoms with Gasteiger partial charge in [0.05, 0.1) is 6.61 Å². The van der Waals surface area contributed by atoms with Crippen molar-refractivity contribution in [2.75, 3.05) is 24.6 Å². The zero-order valence-electron chi connectivity index (χ0n) is 14.4. The molecule has 1 aromatic carbocycles. The predicted octanol–water partition coefficient (Wildman–Crippen LogP) is -1.09. The van der Waals surface area contributed by atoms with Crippen molar-refractivity contribution in [2.45, 2.75) is 38.2 Å². The first-order valence-electron chi connectivity index (χ1n) is 8.15. The third-order valence-corrected chi connectivity index (χ3v) is 4.00. The molecule has 0 fully saturated rings. The maximum absolute atomic E-state index is 12.2. The molecule has 8 nitrogen and oxygen atoms in total. The Morgan fingerprint density at radius 2 is 1.68 bits per heavy atom. The molecule has 0 aliphatic carbocycles. The molecule has 25 heavy (non-hydrogen) atoms. The summed E-state index contributed by atoms with van der Waals surface area (Å²) in [5.74, 6) is -0.604. The second-order valence-electron chi connectivity index (χ2n) is 5.59. The number of amides is 1. The van der Waals surface area contributed by atoms with Gasteiger partial charge in [-0.25, -0.2) is 0 Å². The zero-order valence-corrected chi connectivity index (χ0v) is 14.4. The molecule has 0 bridgehead atoms. The molecule has 0 saturated carbocycles. The number of rotatable bonds is 10. The summed E-state index contributed by atoms with van der Waals surface area (Å²) in [4.78, 5) is 25.4. The molecule has 0 aromatic heterocycles. The molecule has 1 amide bonds. The van der Waals surface area contributed by atoms with Crippen LogP contribution < -0.4 is 10.2 Å². The van der Waals surface area contributed by atoms with Gasteiger partial charge in [-0.15, -0.1) is 0 Å². The Balaban J connectivity index is 2.80. The lowest BCUT2D eigenvalue weighted by Crippen LogP contribution is -2.53. The second-order valence-corrected chi connectivity index (χ2v) is 5.59. The van der Waals surface area contributed by atoms with Gasteiger partial charge in [0.1, 0.15) is 30.6 Å². The minimum absolute atomic E-state index is 0.264. The SMILES string of the molecule is CCN(CC)c1ccc(C(=O)N[C@H](C=O)[C@@H](O)[C@@H](O)[C@H](O)CO)cc1. The summed E-state index contributed by atoms with van der Waals surface area (Å²) in [6.07, 6.45) is -4.88. The van der Waals surface area contributed by atoms with Crippen molar-refractivity contribution in [3.63, 3.8) is 0 Å². The first-order chi connectivity index (χ1) is 11.9. The molecule has 1 aromatic rings. The summed E-state index contributed by atoms with van der Waals surface area (Å²) in [5.41, 5.74) is 1.24. The van der Waals surface area contributed by atoms with Crippen molar-refractivity contribution >= 4 is 17.9 Å². The normalized spacial score (nSPS) is 15.8. The number of hydrogen-bond donors (Lipinski definition) is 5. The van der Waals surface area contributed by atoms with Crippen LogP contribution >= 0.6 is 0 Å². The second kappa shape index (κ2) is 10.1. The molecule has 0 spiro atoms. The Labute approximate surface area is 146 Å². The van der Waals surface area contributed by atoms with E-state index in [4.69, 9.17) is 5.11 Å². The largest absolute Gasteiger partial charge is 0.394 e. The Morgan fingerprint density at radius 1 is 1.12 bits per heavy atom. The van der Waals surface area contributed by atoms with Gasteiger partial charge in [0.2, 0.25) is 0 Å². The molecule has 0 radical (unpaired) electrons. The van der Waals surface area contributed by atoms with Crippen LogP contribution in [-0.2, 0) is 4.79 Å². The van der Waals surface area contributed by atoms with Crippen LogP contribution in [0.2, 0.25) is 0 Å². The average molecular weight is 354 g/mol. The van der Waals surface area contributed by atoms with E-state index in [1.807, 2.05) is 13.8 Å². The summed E-state index contributed by atoms with van der Waals surface area (Å²) in [5, 5.41) is 39.9. The minimum atomic E-state index is -1.77. The molecule has 0 aliphatic rings. The van der Waals surface area contributed by atoms with Crippen LogP contribution in [0.1, 0.15) is 24.2 Å². The van der Waals surface area contributed by atoms with Gasteiger partial charge in [-0.05, 0) is 38.1 Å². The number of benzene rings is 1. The first kappa shape index (κ1) is 21.0. The van der Waals surface area contributed by atoms with E-state index in [0.717, 1.165) is 18.8 Å². The van der Waals surface area contributed by atoms with Gasteiger partial charge >= 0.3 is 0 Å². The number of aliphatic hydroxyl groups is 4. The van der Waals surface area contributed by atoms with E-state index >= 15 is 0 Å². The maximum atomic E-state index is 12.2. The van der Waals surface area contributed by atoms with Crippen molar-refractivity contribution in [1.29, 1.82) is 0 Å². The van der Waals surface area contributed by atoms with Crippen LogP contribution in [0.3, 0.4) is 0 Å². The monoisotopic (exact) mass is 354 g/mol. The smallest absolute Gasteiger partial charge is 0.251 e. The van der Waals surface area contributed by atoms with E-state index in [-0.39, 0.29) is 11.8 Å². The van der Waals surface area contributed by atoms with Crippen molar-refractivity contribution in [2.24, 2.45) is 0 Å². The molecule has 4 atom stereocenters. The lowest BCUT2D eigenvalue weighted by molar-refractivity contribution is -0.119. The van der Waals surface area contributed by atoms with Crippen LogP contribution in [0.5, 0.6) is 0 Å². The highest BCUT2D eigenvalue weighted by Gasteiger charge is 2.32. The summed E-state index contributed by atoms with van der Waals surface area (Å²) in [6, 6.07) is 5.31. The summed E-state index contributed by atoms with van der Waals surface area (Å²) >= 11 is 0. The molecule has 1 rings (SSSR count). The highest BCUT2D eigenvalue weighted by atomic mass is 16.4. The average Bonchev–Trinajstić information content (AvgIpc) is 2.65. The number of carbonyl (C=O) groups is 2. The number of nitrogens with one attached hydrogen (secondary N) is 1. The Bertz CT molecular complexity index is 547. The summed E-state index contributed by atoms with van der Waals surface area (Å²) in [6.45, 7) is 4.90. The van der Waals surface area contributed by atoms with Crippen molar-refractivity contribution < 1.29 is 30.0 Å². The Kier molecular flexibility index (Phi) is 8.50. The molecule has 5 N–H and O–H groups in total. The third-order valence-electron chi connectivity index (χ3n) is 4.00. The number of anilines is 1. The first-order valence-corrected chi connectivity index (χ1v) is 8.15. The fourth-order valence-corrected chi connectivity index (χ4v) is 2.40. The van der Waals surface area contributed by atoms with Crippen molar-refractivity contribution in [3.8, 4) is 0 Å². The van der Waals surface area contributed by atoms with E-state index in [9.17, 15) is 24.9 Å². The number of nitrogens with zero attached hydrogens (tertiary/aromatic N) is 1. The highest BCUT2D eigenvalue weighted by Crippen LogP contribution is 2.15. The molecule has 0 aliphatic heterocycles. The molecule has 0 heterocycles. The van der Waals surface area contributed by atoms with Gasteiger partial charge in [-0.3, -0.25) is 4.79 Å². The van der Waals surface area contributed by atoms with Crippen molar-refractivity contribution in [3.05, 3.63) is 29.8 Å². The van der Waals surface area contributed by atoms with Gasteiger partial charge < -0.3 is 35.4 Å². The molecule has 140 valence electrons.